The van der Waals surface area contributed by atoms with E-state index in [0.717, 1.165) is 25.7 Å². The van der Waals surface area contributed by atoms with Crippen molar-refractivity contribution in [2.24, 2.45) is 5.92 Å². The zero-order valence-electron chi connectivity index (χ0n) is 9.85. The zero-order valence-corrected chi connectivity index (χ0v) is 10.7. The van der Waals surface area contributed by atoms with Crippen molar-refractivity contribution in [1.29, 1.82) is 5.26 Å². The van der Waals surface area contributed by atoms with Crippen molar-refractivity contribution in [2.75, 3.05) is 18.8 Å². The molecule has 0 aromatic heterocycles. The van der Waals surface area contributed by atoms with Crippen LogP contribution in [0.1, 0.15) is 39.0 Å². The van der Waals surface area contributed by atoms with Crippen LogP contribution >= 0.6 is 0 Å². The first-order valence-electron chi connectivity index (χ1n) is 5.95. The Kier molecular flexibility index (Phi) is 5.23. The van der Waals surface area contributed by atoms with Gasteiger partial charge < -0.3 is 0 Å². The van der Waals surface area contributed by atoms with E-state index in [1.807, 2.05) is 0 Å². The molecular formula is C11H20N2O2S. The average molecular weight is 244 g/mol. The predicted molar refractivity (Wildman–Crippen MR) is 63.2 cm³/mol. The number of nitriles is 1. The largest absolute Gasteiger partial charge is 0.227 e. The molecule has 16 heavy (non-hydrogen) atoms. The number of sulfonamides is 1. The van der Waals surface area contributed by atoms with Gasteiger partial charge in [-0.15, -0.1) is 0 Å². The molecule has 0 saturated carbocycles. The first kappa shape index (κ1) is 13.5. The summed E-state index contributed by atoms with van der Waals surface area (Å²) in [5, 5.41) is 8.48. The van der Waals surface area contributed by atoms with Crippen LogP contribution in [0, 0.1) is 17.2 Å². The van der Waals surface area contributed by atoms with Crippen molar-refractivity contribution < 1.29 is 8.42 Å². The Balaban J connectivity index is 2.57. The van der Waals surface area contributed by atoms with Crippen molar-refractivity contribution in [1.82, 2.24) is 4.31 Å². The van der Waals surface area contributed by atoms with E-state index in [1.54, 1.807) is 6.07 Å². The van der Waals surface area contributed by atoms with Gasteiger partial charge in [-0.05, 0) is 25.2 Å². The molecule has 1 aliphatic rings. The molecular weight excluding hydrogens is 224 g/mol. The third kappa shape index (κ3) is 3.76. The van der Waals surface area contributed by atoms with Gasteiger partial charge in [0.1, 0.15) is 0 Å². The summed E-state index contributed by atoms with van der Waals surface area (Å²) in [5.74, 6) is 0.276. The molecule has 1 aliphatic heterocycles. The molecule has 1 fully saturated rings. The van der Waals surface area contributed by atoms with Gasteiger partial charge in [0.15, 0.2) is 5.75 Å². The van der Waals surface area contributed by atoms with Gasteiger partial charge in [0.2, 0.25) is 10.0 Å². The number of nitrogens with zero attached hydrogens (tertiary/aromatic N) is 2. The zero-order chi connectivity index (χ0) is 12.0. The van der Waals surface area contributed by atoms with Crippen LogP contribution in [0.3, 0.4) is 0 Å². The lowest BCUT2D eigenvalue weighted by atomic mass is 9.96. The monoisotopic (exact) mass is 244 g/mol. The first-order chi connectivity index (χ1) is 7.60. The van der Waals surface area contributed by atoms with Crippen molar-refractivity contribution in [3.05, 3.63) is 0 Å². The minimum absolute atomic E-state index is 0.383. The average Bonchev–Trinajstić information content (AvgIpc) is 2.44. The van der Waals surface area contributed by atoms with Gasteiger partial charge in [0, 0.05) is 13.1 Å². The van der Waals surface area contributed by atoms with E-state index < -0.39 is 10.0 Å². The Bertz CT molecular complexity index is 345. The van der Waals surface area contributed by atoms with E-state index in [0.29, 0.717) is 19.0 Å². The minimum Gasteiger partial charge on any atom is -0.211 e. The molecule has 5 heteroatoms. The summed E-state index contributed by atoms with van der Waals surface area (Å²) >= 11 is 0. The van der Waals surface area contributed by atoms with Crippen LogP contribution in [-0.2, 0) is 10.0 Å². The fraction of sp³-hybridized carbons (Fsp3) is 0.909. The second kappa shape index (κ2) is 6.21. The van der Waals surface area contributed by atoms with Gasteiger partial charge in [-0.25, -0.2) is 12.7 Å². The molecule has 0 amide bonds. The molecule has 1 atom stereocenters. The predicted octanol–water partition coefficient (Wildman–Crippen LogP) is 1.74. The Labute approximate surface area is 98.3 Å². The summed E-state index contributed by atoms with van der Waals surface area (Å²) in [4.78, 5) is 0. The van der Waals surface area contributed by atoms with Gasteiger partial charge in [-0.3, -0.25) is 0 Å². The Morgan fingerprint density at radius 1 is 1.38 bits per heavy atom. The second-order valence-corrected chi connectivity index (χ2v) is 6.37. The maximum Gasteiger partial charge on any atom is 0.227 e. The summed E-state index contributed by atoms with van der Waals surface area (Å²) in [6, 6.07) is 1.73. The Hall–Kier alpha value is -0.600. The van der Waals surface area contributed by atoms with E-state index in [2.05, 4.69) is 6.92 Å². The third-order valence-electron chi connectivity index (χ3n) is 3.14. The highest BCUT2D eigenvalue weighted by molar-refractivity contribution is 7.89. The van der Waals surface area contributed by atoms with Gasteiger partial charge in [-0.1, -0.05) is 19.8 Å². The van der Waals surface area contributed by atoms with Gasteiger partial charge in [0.05, 0.1) is 6.07 Å². The van der Waals surface area contributed by atoms with Crippen LogP contribution in [0.5, 0.6) is 0 Å². The first-order valence-corrected chi connectivity index (χ1v) is 7.56. The lowest BCUT2D eigenvalue weighted by Gasteiger charge is -2.18. The fourth-order valence-electron chi connectivity index (χ4n) is 2.29. The standard InChI is InChI=1S/C11H20N2O2S/c1-2-4-11-5-3-8-13(9-6-11)16(14,15)10-7-12/h11H,2-6,8-10H2,1H3. The Morgan fingerprint density at radius 2 is 2.12 bits per heavy atom. The fourth-order valence-corrected chi connectivity index (χ4v) is 3.42. The normalized spacial score (nSPS) is 23.6. The summed E-state index contributed by atoms with van der Waals surface area (Å²) in [5.41, 5.74) is 0. The van der Waals surface area contributed by atoms with Gasteiger partial charge in [0.25, 0.3) is 0 Å². The SMILES string of the molecule is CCCC1CCCN(S(=O)(=O)CC#N)CC1. The molecule has 0 radical (unpaired) electrons. The highest BCUT2D eigenvalue weighted by atomic mass is 32.2. The molecule has 1 rings (SSSR count). The summed E-state index contributed by atoms with van der Waals surface area (Å²) < 4.78 is 24.9. The smallest absolute Gasteiger partial charge is 0.211 e. The minimum atomic E-state index is -3.32. The molecule has 0 bridgehead atoms. The maximum absolute atomic E-state index is 11.7. The summed E-state index contributed by atoms with van der Waals surface area (Å²) in [6.45, 7) is 3.34. The van der Waals surface area contributed by atoms with E-state index in [-0.39, 0.29) is 5.75 Å². The van der Waals surface area contributed by atoms with Crippen LogP contribution in [0.25, 0.3) is 0 Å². The second-order valence-electron chi connectivity index (χ2n) is 4.40. The van der Waals surface area contributed by atoms with E-state index in [4.69, 9.17) is 5.26 Å². The molecule has 0 aliphatic carbocycles. The van der Waals surface area contributed by atoms with E-state index in [1.165, 1.54) is 10.7 Å². The molecule has 1 heterocycles. The number of hydrogen-bond acceptors (Lipinski definition) is 3. The van der Waals surface area contributed by atoms with Crippen LogP contribution in [0.2, 0.25) is 0 Å². The molecule has 1 saturated heterocycles. The number of rotatable bonds is 4. The highest BCUT2D eigenvalue weighted by Crippen LogP contribution is 2.23. The van der Waals surface area contributed by atoms with Crippen molar-refractivity contribution in [2.45, 2.75) is 39.0 Å². The van der Waals surface area contributed by atoms with Crippen LogP contribution in [-0.4, -0.2) is 31.6 Å². The Morgan fingerprint density at radius 3 is 2.75 bits per heavy atom. The highest BCUT2D eigenvalue weighted by Gasteiger charge is 2.25. The summed E-state index contributed by atoms with van der Waals surface area (Å²) in [6.07, 6.45) is 5.34. The van der Waals surface area contributed by atoms with Crippen LogP contribution < -0.4 is 0 Å². The molecule has 4 nitrogen and oxygen atoms in total. The topological polar surface area (TPSA) is 61.2 Å². The third-order valence-corrected chi connectivity index (χ3v) is 4.79. The van der Waals surface area contributed by atoms with E-state index in [9.17, 15) is 8.42 Å². The summed E-state index contributed by atoms with van der Waals surface area (Å²) in [7, 11) is -3.32. The van der Waals surface area contributed by atoms with Crippen molar-refractivity contribution >= 4 is 10.0 Å². The van der Waals surface area contributed by atoms with Crippen LogP contribution in [0.4, 0.5) is 0 Å². The van der Waals surface area contributed by atoms with E-state index >= 15 is 0 Å². The van der Waals surface area contributed by atoms with Gasteiger partial charge >= 0.3 is 0 Å². The molecule has 92 valence electrons. The quantitative estimate of drug-likeness (QED) is 0.756. The van der Waals surface area contributed by atoms with Crippen LogP contribution in [0.15, 0.2) is 0 Å². The molecule has 0 N–H and O–H groups in total. The molecule has 1 unspecified atom stereocenters. The lowest BCUT2D eigenvalue weighted by molar-refractivity contribution is 0.401. The molecule has 0 aromatic carbocycles. The number of hydrogen-bond donors (Lipinski definition) is 0. The van der Waals surface area contributed by atoms with Gasteiger partial charge in [-0.2, -0.15) is 5.26 Å². The lowest BCUT2D eigenvalue weighted by Crippen LogP contribution is -2.33. The maximum atomic E-state index is 11.7. The van der Waals surface area contributed by atoms with Crippen molar-refractivity contribution in [3.8, 4) is 6.07 Å². The van der Waals surface area contributed by atoms with Crippen molar-refractivity contribution in [3.63, 3.8) is 0 Å². The molecule has 0 aromatic rings. The molecule has 0 spiro atoms.